The number of ether oxygens (including phenoxy) is 1. The van der Waals surface area contributed by atoms with Gasteiger partial charge in [0, 0.05) is 17.4 Å². The molecule has 0 unspecified atom stereocenters. The van der Waals surface area contributed by atoms with Crippen LogP contribution < -0.4 is 15.9 Å². The van der Waals surface area contributed by atoms with E-state index in [1.54, 1.807) is 18.3 Å². The second-order valence-electron chi connectivity index (χ2n) is 5.56. The fourth-order valence-electron chi connectivity index (χ4n) is 2.12. The van der Waals surface area contributed by atoms with E-state index >= 15 is 0 Å². The molecule has 2 heterocycles. The maximum atomic E-state index is 5.68. The van der Waals surface area contributed by atoms with Crippen LogP contribution in [-0.4, -0.2) is 29.1 Å². The van der Waals surface area contributed by atoms with Crippen LogP contribution in [0.25, 0.3) is 22.8 Å². The molecule has 0 atom stereocenters. The summed E-state index contributed by atoms with van der Waals surface area (Å²) in [6.07, 6.45) is 1.75. The van der Waals surface area contributed by atoms with Gasteiger partial charge >= 0.3 is 0 Å². The molecule has 3 rings (SSSR count). The van der Waals surface area contributed by atoms with Gasteiger partial charge in [0.05, 0.1) is 11.7 Å². The quantitative estimate of drug-likeness (QED) is 0.579. The summed E-state index contributed by atoms with van der Waals surface area (Å²) in [6, 6.07) is 9.23. The number of hydrogen-bond donors (Lipinski definition) is 1. The standard InChI is InChI=1S/C16H17BN4O2/c1-9(2)22-16-13(17)7-11(8-19-16)15-20-14(21-23-15)10-3-5-12(18)6-4-10/h3-9H,17-18H2,1-2H3. The molecule has 2 aromatic heterocycles. The van der Waals surface area contributed by atoms with Gasteiger partial charge in [0.25, 0.3) is 5.89 Å². The Hall–Kier alpha value is -2.83. The third-order valence-electron chi connectivity index (χ3n) is 3.22. The first-order valence-electron chi connectivity index (χ1n) is 7.36. The number of rotatable bonds is 4. The maximum Gasteiger partial charge on any atom is 0.259 e. The van der Waals surface area contributed by atoms with Gasteiger partial charge in [-0.3, -0.25) is 0 Å². The van der Waals surface area contributed by atoms with Crippen molar-refractivity contribution >= 4 is 19.0 Å². The zero-order chi connectivity index (χ0) is 16.4. The molecule has 0 aliphatic rings. The second kappa shape index (κ2) is 6.12. The number of nitrogens with zero attached hydrogens (tertiary/aromatic N) is 3. The zero-order valence-corrected chi connectivity index (χ0v) is 13.3. The maximum absolute atomic E-state index is 5.68. The Labute approximate surface area is 135 Å². The van der Waals surface area contributed by atoms with Gasteiger partial charge < -0.3 is 15.0 Å². The number of nitrogen functional groups attached to an aromatic ring is 1. The molecule has 0 saturated heterocycles. The molecule has 7 heteroatoms. The molecular weight excluding hydrogens is 291 g/mol. The summed E-state index contributed by atoms with van der Waals surface area (Å²) in [6.45, 7) is 3.93. The predicted molar refractivity (Wildman–Crippen MR) is 91.3 cm³/mol. The molecule has 0 fully saturated rings. The van der Waals surface area contributed by atoms with Crippen LogP contribution in [0.4, 0.5) is 5.69 Å². The predicted octanol–water partition coefficient (Wildman–Crippen LogP) is 1.43. The van der Waals surface area contributed by atoms with Gasteiger partial charge in [-0.25, -0.2) is 4.98 Å². The molecule has 3 aromatic rings. The highest BCUT2D eigenvalue weighted by atomic mass is 16.5. The van der Waals surface area contributed by atoms with E-state index in [0.29, 0.717) is 23.3 Å². The van der Waals surface area contributed by atoms with Gasteiger partial charge in [-0.1, -0.05) is 5.16 Å². The molecule has 0 saturated carbocycles. The highest BCUT2D eigenvalue weighted by molar-refractivity contribution is 6.34. The van der Waals surface area contributed by atoms with Crippen LogP contribution in [0.3, 0.4) is 0 Å². The van der Waals surface area contributed by atoms with Gasteiger partial charge in [0.15, 0.2) is 0 Å². The molecule has 0 aliphatic heterocycles. The normalized spacial score (nSPS) is 10.9. The molecule has 2 N–H and O–H groups in total. The Morgan fingerprint density at radius 2 is 1.91 bits per heavy atom. The van der Waals surface area contributed by atoms with E-state index in [4.69, 9.17) is 15.0 Å². The average Bonchev–Trinajstić information content (AvgIpc) is 2.99. The topological polar surface area (TPSA) is 87.1 Å². The minimum Gasteiger partial charge on any atom is -0.475 e. The first kappa shape index (κ1) is 15.1. The minimum absolute atomic E-state index is 0.0765. The summed E-state index contributed by atoms with van der Waals surface area (Å²) in [5, 5.41) is 4.01. The van der Waals surface area contributed by atoms with Gasteiger partial charge in [-0.05, 0) is 49.6 Å². The lowest BCUT2D eigenvalue weighted by Gasteiger charge is -2.11. The van der Waals surface area contributed by atoms with Crippen molar-refractivity contribution in [1.82, 2.24) is 15.1 Å². The van der Waals surface area contributed by atoms with E-state index in [-0.39, 0.29) is 6.10 Å². The Bertz CT molecular complexity index is 815. The number of anilines is 1. The second-order valence-corrected chi connectivity index (χ2v) is 5.56. The van der Waals surface area contributed by atoms with Gasteiger partial charge in [-0.15, -0.1) is 0 Å². The highest BCUT2D eigenvalue weighted by Crippen LogP contribution is 2.22. The van der Waals surface area contributed by atoms with Crippen molar-refractivity contribution in [2.75, 3.05) is 5.73 Å². The summed E-state index contributed by atoms with van der Waals surface area (Å²) in [7, 11) is 1.94. The first-order valence-corrected chi connectivity index (χ1v) is 7.36. The highest BCUT2D eigenvalue weighted by Gasteiger charge is 2.13. The summed E-state index contributed by atoms with van der Waals surface area (Å²) in [5.41, 5.74) is 8.90. The third-order valence-corrected chi connectivity index (χ3v) is 3.22. The van der Waals surface area contributed by atoms with E-state index in [2.05, 4.69) is 15.1 Å². The molecule has 1 aromatic carbocycles. The molecular formula is C16H17BN4O2. The van der Waals surface area contributed by atoms with Crippen molar-refractivity contribution in [3.05, 3.63) is 36.5 Å². The molecule has 0 bridgehead atoms. The summed E-state index contributed by atoms with van der Waals surface area (Å²) >= 11 is 0. The minimum atomic E-state index is 0.0765. The van der Waals surface area contributed by atoms with Crippen molar-refractivity contribution in [3.63, 3.8) is 0 Å². The molecule has 23 heavy (non-hydrogen) atoms. The van der Waals surface area contributed by atoms with Crippen LogP contribution in [0.5, 0.6) is 5.88 Å². The molecule has 0 radical (unpaired) electrons. The Morgan fingerprint density at radius 1 is 1.17 bits per heavy atom. The lowest BCUT2D eigenvalue weighted by Crippen LogP contribution is -2.16. The van der Waals surface area contributed by atoms with Crippen molar-refractivity contribution in [1.29, 1.82) is 0 Å². The van der Waals surface area contributed by atoms with Crippen LogP contribution in [0.15, 0.2) is 41.1 Å². The zero-order valence-electron chi connectivity index (χ0n) is 13.3. The smallest absolute Gasteiger partial charge is 0.259 e. The number of pyridine rings is 1. The van der Waals surface area contributed by atoms with Crippen LogP contribution in [0.1, 0.15) is 13.8 Å². The number of hydrogen-bond acceptors (Lipinski definition) is 6. The molecule has 0 spiro atoms. The fraction of sp³-hybridized carbons (Fsp3) is 0.188. The number of nitrogens with two attached hydrogens (primary N) is 1. The Morgan fingerprint density at radius 3 is 2.57 bits per heavy atom. The average molecular weight is 308 g/mol. The van der Waals surface area contributed by atoms with Crippen molar-refractivity contribution in [2.45, 2.75) is 20.0 Å². The van der Waals surface area contributed by atoms with E-state index in [1.807, 2.05) is 39.9 Å². The lowest BCUT2D eigenvalue weighted by atomic mass is 9.96. The Kier molecular flexibility index (Phi) is 4.01. The largest absolute Gasteiger partial charge is 0.475 e. The Balaban J connectivity index is 1.88. The third kappa shape index (κ3) is 3.34. The number of benzene rings is 1. The lowest BCUT2D eigenvalue weighted by molar-refractivity contribution is 0.235. The summed E-state index contributed by atoms with van der Waals surface area (Å²) in [4.78, 5) is 8.73. The van der Waals surface area contributed by atoms with Gasteiger partial charge in [0.2, 0.25) is 11.7 Å². The van der Waals surface area contributed by atoms with E-state index in [9.17, 15) is 0 Å². The fourth-order valence-corrected chi connectivity index (χ4v) is 2.12. The van der Waals surface area contributed by atoms with E-state index < -0.39 is 0 Å². The molecule has 116 valence electrons. The van der Waals surface area contributed by atoms with Crippen molar-refractivity contribution in [3.8, 4) is 28.7 Å². The van der Waals surface area contributed by atoms with Crippen LogP contribution >= 0.6 is 0 Å². The van der Waals surface area contributed by atoms with E-state index in [1.165, 1.54) is 0 Å². The summed E-state index contributed by atoms with van der Waals surface area (Å²) in [5.74, 6) is 1.55. The van der Waals surface area contributed by atoms with Crippen LogP contribution in [0, 0.1) is 0 Å². The van der Waals surface area contributed by atoms with Crippen LogP contribution in [0.2, 0.25) is 0 Å². The molecule has 6 nitrogen and oxygen atoms in total. The van der Waals surface area contributed by atoms with Gasteiger partial charge in [-0.2, -0.15) is 4.98 Å². The van der Waals surface area contributed by atoms with Crippen LogP contribution in [-0.2, 0) is 0 Å². The summed E-state index contributed by atoms with van der Waals surface area (Å²) < 4.78 is 11.0. The first-order chi connectivity index (χ1) is 11.0. The monoisotopic (exact) mass is 308 g/mol. The van der Waals surface area contributed by atoms with E-state index in [0.717, 1.165) is 16.6 Å². The SMILES string of the molecule is Bc1cc(-c2nc(-c3ccc(N)cc3)no2)cnc1OC(C)C. The van der Waals surface area contributed by atoms with Crippen molar-refractivity contribution < 1.29 is 9.26 Å². The number of aromatic nitrogens is 3. The van der Waals surface area contributed by atoms with Crippen molar-refractivity contribution in [2.24, 2.45) is 0 Å². The van der Waals surface area contributed by atoms with Gasteiger partial charge in [0.1, 0.15) is 7.85 Å². The molecule has 0 aliphatic carbocycles. The molecule has 0 amide bonds.